The van der Waals surface area contributed by atoms with Crippen LogP contribution in [-0.4, -0.2) is 16.1 Å². The van der Waals surface area contributed by atoms with E-state index in [2.05, 4.69) is 21.0 Å². The van der Waals surface area contributed by atoms with Gasteiger partial charge in [0.2, 0.25) is 0 Å². The van der Waals surface area contributed by atoms with Crippen molar-refractivity contribution < 1.29 is 4.79 Å². The Labute approximate surface area is 83.5 Å². The molecule has 13 heavy (non-hydrogen) atoms. The normalized spacial score (nSPS) is 10.6. The lowest BCUT2D eigenvalue weighted by Crippen LogP contribution is -1.89. The fourth-order valence-electron chi connectivity index (χ4n) is 1.34. The summed E-state index contributed by atoms with van der Waals surface area (Å²) in [7, 11) is 1.85. The van der Waals surface area contributed by atoms with Gasteiger partial charge >= 0.3 is 0 Å². The lowest BCUT2D eigenvalue weighted by molar-refractivity contribution is 0.112. The van der Waals surface area contributed by atoms with E-state index < -0.39 is 0 Å². The second-order valence-electron chi connectivity index (χ2n) is 2.78. The first kappa shape index (κ1) is 8.44. The molecule has 0 radical (unpaired) electrons. The second-order valence-corrected chi connectivity index (χ2v) is 3.63. The number of carbonyl (C=O) groups is 1. The summed E-state index contributed by atoms with van der Waals surface area (Å²) in [6.07, 6.45) is 2.54. The van der Waals surface area contributed by atoms with E-state index in [1.54, 1.807) is 10.9 Å². The summed E-state index contributed by atoms with van der Waals surface area (Å²) in [5, 5.41) is 4.96. The third-order valence-corrected chi connectivity index (χ3v) is 2.73. The smallest absolute Gasteiger partial charge is 0.151 e. The van der Waals surface area contributed by atoms with Crippen molar-refractivity contribution in [3.8, 4) is 0 Å². The SMILES string of the molecule is Cn1ncc2c(C=O)c(Br)ccc21. The molecule has 1 aromatic carbocycles. The topological polar surface area (TPSA) is 34.9 Å². The lowest BCUT2D eigenvalue weighted by Gasteiger charge is -1.98. The molecule has 2 rings (SSSR count). The van der Waals surface area contributed by atoms with E-state index in [1.165, 1.54) is 0 Å². The van der Waals surface area contributed by atoms with Gasteiger partial charge in [-0.2, -0.15) is 5.10 Å². The van der Waals surface area contributed by atoms with E-state index in [-0.39, 0.29) is 0 Å². The molecule has 0 spiro atoms. The van der Waals surface area contributed by atoms with Gasteiger partial charge in [0.15, 0.2) is 6.29 Å². The molecule has 4 heteroatoms. The monoisotopic (exact) mass is 238 g/mol. The van der Waals surface area contributed by atoms with Crippen LogP contribution in [0.3, 0.4) is 0 Å². The van der Waals surface area contributed by atoms with Crippen LogP contribution >= 0.6 is 15.9 Å². The fourth-order valence-corrected chi connectivity index (χ4v) is 1.78. The van der Waals surface area contributed by atoms with Crippen LogP contribution in [0, 0.1) is 0 Å². The Kier molecular flexibility index (Phi) is 1.92. The number of rotatable bonds is 1. The van der Waals surface area contributed by atoms with Crippen LogP contribution in [0.5, 0.6) is 0 Å². The van der Waals surface area contributed by atoms with Crippen LogP contribution in [0.1, 0.15) is 10.4 Å². The van der Waals surface area contributed by atoms with Crippen molar-refractivity contribution in [1.29, 1.82) is 0 Å². The summed E-state index contributed by atoms with van der Waals surface area (Å²) in [6.45, 7) is 0. The highest BCUT2D eigenvalue weighted by atomic mass is 79.9. The van der Waals surface area contributed by atoms with Gasteiger partial charge in [0.25, 0.3) is 0 Å². The molecule has 2 aromatic rings. The highest BCUT2D eigenvalue weighted by molar-refractivity contribution is 9.10. The van der Waals surface area contributed by atoms with Crippen molar-refractivity contribution in [3.05, 3.63) is 28.4 Å². The molecule has 3 nitrogen and oxygen atoms in total. The Morgan fingerprint density at radius 3 is 3.00 bits per heavy atom. The van der Waals surface area contributed by atoms with Crippen LogP contribution in [0.25, 0.3) is 10.9 Å². The summed E-state index contributed by atoms with van der Waals surface area (Å²) in [4.78, 5) is 10.8. The zero-order chi connectivity index (χ0) is 9.42. The van der Waals surface area contributed by atoms with Crippen molar-refractivity contribution in [2.75, 3.05) is 0 Å². The van der Waals surface area contributed by atoms with Gasteiger partial charge in [-0.05, 0) is 12.1 Å². The first-order valence-electron chi connectivity index (χ1n) is 3.79. The van der Waals surface area contributed by atoms with E-state index in [9.17, 15) is 4.79 Å². The zero-order valence-corrected chi connectivity index (χ0v) is 8.58. The van der Waals surface area contributed by atoms with Crippen molar-refractivity contribution in [2.24, 2.45) is 7.05 Å². The quantitative estimate of drug-likeness (QED) is 0.714. The van der Waals surface area contributed by atoms with Crippen molar-refractivity contribution in [1.82, 2.24) is 9.78 Å². The number of hydrogen-bond acceptors (Lipinski definition) is 2. The van der Waals surface area contributed by atoms with Crippen LogP contribution in [0.2, 0.25) is 0 Å². The molecule has 1 heterocycles. The molecule has 0 saturated heterocycles. The first-order chi connectivity index (χ1) is 6.24. The molecule has 66 valence electrons. The van der Waals surface area contributed by atoms with Crippen LogP contribution in [0.15, 0.2) is 22.8 Å². The Hall–Kier alpha value is -1.16. The third-order valence-electron chi connectivity index (χ3n) is 2.04. The maximum Gasteiger partial charge on any atom is 0.151 e. The minimum Gasteiger partial charge on any atom is -0.298 e. The van der Waals surface area contributed by atoms with Crippen LogP contribution in [-0.2, 0) is 7.05 Å². The first-order valence-corrected chi connectivity index (χ1v) is 4.58. The molecule has 0 amide bonds. The van der Waals surface area contributed by atoms with E-state index >= 15 is 0 Å². The zero-order valence-electron chi connectivity index (χ0n) is 6.99. The molecule has 0 aliphatic carbocycles. The molecule has 0 unspecified atom stereocenters. The molecule has 1 aromatic heterocycles. The number of benzene rings is 1. The minimum atomic E-state index is 0.658. The summed E-state index contributed by atoms with van der Waals surface area (Å²) in [5.74, 6) is 0. The van der Waals surface area contributed by atoms with E-state index in [1.807, 2.05) is 19.2 Å². The number of hydrogen-bond donors (Lipinski definition) is 0. The number of fused-ring (bicyclic) bond motifs is 1. The standard InChI is InChI=1S/C9H7BrN2O/c1-12-9-3-2-8(10)7(5-13)6(9)4-11-12/h2-5H,1H3. The predicted molar refractivity (Wildman–Crippen MR) is 53.8 cm³/mol. The molecular formula is C9H7BrN2O. The number of aromatic nitrogens is 2. The maximum atomic E-state index is 10.8. The summed E-state index contributed by atoms with van der Waals surface area (Å²) in [6, 6.07) is 3.78. The van der Waals surface area contributed by atoms with Gasteiger partial charge in [-0.25, -0.2) is 0 Å². The van der Waals surface area contributed by atoms with Gasteiger partial charge in [-0.3, -0.25) is 9.48 Å². The van der Waals surface area contributed by atoms with Crippen LogP contribution < -0.4 is 0 Å². The predicted octanol–water partition coefficient (Wildman–Crippen LogP) is 2.15. The van der Waals surface area contributed by atoms with Crippen molar-refractivity contribution >= 4 is 33.1 Å². The molecular weight excluding hydrogens is 232 g/mol. The number of aldehydes is 1. The molecule has 0 atom stereocenters. The third kappa shape index (κ3) is 1.18. The Balaban J connectivity index is 2.92. The van der Waals surface area contributed by atoms with Gasteiger partial charge < -0.3 is 0 Å². The average Bonchev–Trinajstić information content (AvgIpc) is 2.48. The Morgan fingerprint density at radius 2 is 2.31 bits per heavy atom. The average molecular weight is 239 g/mol. The Bertz CT molecular complexity index is 476. The summed E-state index contributed by atoms with van der Waals surface area (Å²) >= 11 is 3.32. The molecule has 0 fully saturated rings. The largest absolute Gasteiger partial charge is 0.298 e. The van der Waals surface area contributed by atoms with Crippen molar-refractivity contribution in [3.63, 3.8) is 0 Å². The summed E-state index contributed by atoms with van der Waals surface area (Å²) in [5.41, 5.74) is 1.62. The Morgan fingerprint density at radius 1 is 1.54 bits per heavy atom. The van der Waals surface area contributed by atoms with Gasteiger partial charge in [0.05, 0.1) is 11.7 Å². The van der Waals surface area contributed by atoms with Gasteiger partial charge in [0.1, 0.15) is 0 Å². The molecule has 0 bridgehead atoms. The number of aryl methyl sites for hydroxylation is 1. The molecule has 0 aliphatic rings. The highest BCUT2D eigenvalue weighted by Crippen LogP contribution is 2.24. The van der Waals surface area contributed by atoms with E-state index in [4.69, 9.17) is 0 Å². The number of carbonyl (C=O) groups excluding carboxylic acids is 1. The maximum absolute atomic E-state index is 10.8. The number of halogens is 1. The van der Waals surface area contributed by atoms with Crippen LogP contribution in [0.4, 0.5) is 0 Å². The second kappa shape index (κ2) is 2.96. The number of nitrogens with zero attached hydrogens (tertiary/aromatic N) is 2. The van der Waals surface area contributed by atoms with E-state index in [0.29, 0.717) is 5.56 Å². The van der Waals surface area contributed by atoms with E-state index in [0.717, 1.165) is 21.7 Å². The van der Waals surface area contributed by atoms with Crippen molar-refractivity contribution in [2.45, 2.75) is 0 Å². The molecule has 0 saturated carbocycles. The molecule has 0 aliphatic heterocycles. The van der Waals surface area contributed by atoms with Gasteiger partial charge in [0, 0.05) is 22.5 Å². The van der Waals surface area contributed by atoms with Gasteiger partial charge in [-0.15, -0.1) is 0 Å². The van der Waals surface area contributed by atoms with Gasteiger partial charge in [-0.1, -0.05) is 15.9 Å². The highest BCUT2D eigenvalue weighted by Gasteiger charge is 2.07. The molecule has 0 N–H and O–H groups in total. The lowest BCUT2D eigenvalue weighted by atomic mass is 10.1. The minimum absolute atomic E-state index is 0.658. The fraction of sp³-hybridized carbons (Fsp3) is 0.111. The summed E-state index contributed by atoms with van der Waals surface area (Å²) < 4.78 is 2.55.